The number of aromatic nitrogens is 1. The third-order valence-corrected chi connectivity index (χ3v) is 3.52. The first-order valence-electron chi connectivity index (χ1n) is 6.46. The van der Waals surface area contributed by atoms with E-state index in [0.717, 1.165) is 0 Å². The second-order valence-corrected chi connectivity index (χ2v) is 4.74. The number of aliphatic imine (C=N–C) groups is 1. The predicted molar refractivity (Wildman–Crippen MR) is 76.3 cm³/mol. The molecule has 0 fully saturated rings. The lowest BCUT2D eigenvalue weighted by atomic mass is 9.76. The molecule has 1 aliphatic rings. The Balaban J connectivity index is 2.71. The van der Waals surface area contributed by atoms with E-state index < -0.39 is 23.8 Å². The van der Waals surface area contributed by atoms with Crippen LogP contribution in [0, 0.1) is 5.92 Å². The molecule has 0 bridgehead atoms. The van der Waals surface area contributed by atoms with Crippen molar-refractivity contribution in [1.82, 2.24) is 4.98 Å². The van der Waals surface area contributed by atoms with E-state index >= 15 is 0 Å². The highest BCUT2D eigenvalue weighted by Crippen LogP contribution is 2.38. The number of carboxylic acids is 1. The van der Waals surface area contributed by atoms with E-state index in [0.29, 0.717) is 11.8 Å². The summed E-state index contributed by atoms with van der Waals surface area (Å²) < 4.78 is 4.70. The number of hydrogen-bond donors (Lipinski definition) is 1. The van der Waals surface area contributed by atoms with Gasteiger partial charge < -0.3 is 9.84 Å². The number of allylic oxidation sites excluding steroid dienone is 1. The monoisotopic (exact) mass is 302 g/mol. The minimum Gasteiger partial charge on any atom is -0.481 e. The molecule has 0 saturated heterocycles. The summed E-state index contributed by atoms with van der Waals surface area (Å²) >= 11 is 0. The molecule has 1 aliphatic heterocycles. The molecule has 22 heavy (non-hydrogen) atoms. The van der Waals surface area contributed by atoms with Crippen LogP contribution in [0.3, 0.4) is 0 Å². The highest BCUT2D eigenvalue weighted by atomic mass is 16.5. The van der Waals surface area contributed by atoms with E-state index in [4.69, 9.17) is 4.74 Å². The molecular weight excluding hydrogens is 288 g/mol. The average Bonchev–Trinajstić information content (AvgIpc) is 2.53. The molecule has 1 aromatic heterocycles. The van der Waals surface area contributed by atoms with Crippen molar-refractivity contribution < 1.29 is 24.2 Å². The predicted octanol–water partition coefficient (Wildman–Crippen LogP) is 0.966. The number of carbonyl (C=O) groups excluding carboxylic acids is 2. The summed E-state index contributed by atoms with van der Waals surface area (Å²) in [5.74, 6) is -3.81. The molecule has 0 spiro atoms. The van der Waals surface area contributed by atoms with Crippen LogP contribution < -0.4 is 0 Å². The van der Waals surface area contributed by atoms with Gasteiger partial charge in [0.15, 0.2) is 6.29 Å². The molecule has 0 saturated carbocycles. The molecule has 2 unspecified atom stereocenters. The van der Waals surface area contributed by atoms with Gasteiger partial charge in [0.25, 0.3) is 0 Å². The fraction of sp³-hybridized carbons (Fsp3) is 0.267. The van der Waals surface area contributed by atoms with Crippen molar-refractivity contribution in [3.8, 4) is 0 Å². The van der Waals surface area contributed by atoms with Crippen molar-refractivity contribution in [1.29, 1.82) is 0 Å². The number of rotatable bonds is 4. The quantitative estimate of drug-likeness (QED) is 0.656. The maximum absolute atomic E-state index is 12.1. The van der Waals surface area contributed by atoms with Crippen LogP contribution in [0.2, 0.25) is 0 Å². The second kappa shape index (κ2) is 6.30. The van der Waals surface area contributed by atoms with Gasteiger partial charge in [0, 0.05) is 24.0 Å². The number of hydrogen-bond acceptors (Lipinski definition) is 6. The SMILES string of the molecule is COC(=O)C1=C(C=O)N=C(C)C(C(=O)O)C1c1ccncc1. The van der Waals surface area contributed by atoms with Crippen LogP contribution >= 0.6 is 0 Å². The number of methoxy groups -OCH3 is 1. The number of esters is 1. The lowest BCUT2D eigenvalue weighted by Crippen LogP contribution is -2.35. The number of ether oxygens (including phenoxy) is 1. The number of carboxylic acid groups (broad SMARTS) is 1. The smallest absolute Gasteiger partial charge is 0.336 e. The van der Waals surface area contributed by atoms with Crippen molar-refractivity contribution in [3.63, 3.8) is 0 Å². The molecule has 0 amide bonds. The van der Waals surface area contributed by atoms with Crippen molar-refractivity contribution >= 4 is 23.9 Å². The third-order valence-electron chi connectivity index (χ3n) is 3.52. The van der Waals surface area contributed by atoms with Gasteiger partial charge in [-0.1, -0.05) is 0 Å². The number of aliphatic carboxylic acids is 1. The Hall–Kier alpha value is -2.83. The van der Waals surface area contributed by atoms with E-state index in [1.165, 1.54) is 26.4 Å². The third kappa shape index (κ3) is 2.65. The summed E-state index contributed by atoms with van der Waals surface area (Å²) in [4.78, 5) is 42.8. The Kier molecular flexibility index (Phi) is 4.45. The maximum atomic E-state index is 12.1. The van der Waals surface area contributed by atoms with E-state index in [9.17, 15) is 19.5 Å². The standard InChI is InChI=1S/C15H14N2O5/c1-8-11(14(19)20)12(9-3-5-16-6-4-9)13(15(21)22-2)10(7-18)17-8/h3-7,11-12H,1-2H3,(H,19,20). The normalized spacial score (nSPS) is 21.1. The summed E-state index contributed by atoms with van der Waals surface area (Å²) in [6.45, 7) is 1.52. The molecule has 0 aromatic carbocycles. The van der Waals surface area contributed by atoms with Crippen molar-refractivity contribution in [2.24, 2.45) is 10.9 Å². The average molecular weight is 302 g/mol. The summed E-state index contributed by atoms with van der Waals surface area (Å²) in [6.07, 6.45) is 3.41. The maximum Gasteiger partial charge on any atom is 0.336 e. The van der Waals surface area contributed by atoms with E-state index in [-0.39, 0.29) is 17.0 Å². The molecule has 2 rings (SSSR count). The molecular formula is C15H14N2O5. The summed E-state index contributed by atoms with van der Waals surface area (Å²) in [5.41, 5.74) is 0.644. The van der Waals surface area contributed by atoms with E-state index in [1.807, 2.05) is 0 Å². The first kappa shape index (κ1) is 15.6. The van der Waals surface area contributed by atoms with Gasteiger partial charge in [0.2, 0.25) is 0 Å². The minimum atomic E-state index is -1.13. The lowest BCUT2D eigenvalue weighted by Gasteiger charge is -2.29. The van der Waals surface area contributed by atoms with Gasteiger partial charge in [0.05, 0.1) is 12.7 Å². The zero-order valence-electron chi connectivity index (χ0n) is 12.0. The van der Waals surface area contributed by atoms with Gasteiger partial charge in [-0.2, -0.15) is 0 Å². The highest BCUT2D eigenvalue weighted by molar-refractivity contribution is 6.09. The molecule has 7 nitrogen and oxygen atoms in total. The molecule has 1 aromatic rings. The first-order chi connectivity index (χ1) is 10.5. The minimum absolute atomic E-state index is 0.0540. The van der Waals surface area contributed by atoms with Crippen LogP contribution in [-0.2, 0) is 19.1 Å². The van der Waals surface area contributed by atoms with Crippen molar-refractivity contribution in [2.45, 2.75) is 12.8 Å². The topological polar surface area (TPSA) is 106 Å². The Labute approximate surface area is 126 Å². The van der Waals surface area contributed by atoms with Gasteiger partial charge in [-0.05, 0) is 24.6 Å². The number of aldehydes is 1. The van der Waals surface area contributed by atoms with E-state index in [1.54, 1.807) is 12.1 Å². The summed E-state index contributed by atoms with van der Waals surface area (Å²) in [7, 11) is 1.17. The second-order valence-electron chi connectivity index (χ2n) is 4.74. The van der Waals surface area contributed by atoms with Crippen LogP contribution in [0.1, 0.15) is 18.4 Å². The molecule has 0 radical (unpaired) electrons. The lowest BCUT2D eigenvalue weighted by molar-refractivity contribution is -0.140. The molecule has 114 valence electrons. The number of nitrogens with zero attached hydrogens (tertiary/aromatic N) is 2. The van der Waals surface area contributed by atoms with Gasteiger partial charge in [0.1, 0.15) is 11.6 Å². The van der Waals surface area contributed by atoms with Crippen molar-refractivity contribution in [2.75, 3.05) is 7.11 Å². The Morgan fingerprint density at radius 2 is 1.95 bits per heavy atom. The van der Waals surface area contributed by atoms with Gasteiger partial charge in [-0.3, -0.25) is 19.6 Å². The van der Waals surface area contributed by atoms with Crippen LogP contribution in [0.25, 0.3) is 0 Å². The molecule has 2 heterocycles. The van der Waals surface area contributed by atoms with Gasteiger partial charge in [-0.15, -0.1) is 0 Å². The number of carbonyl (C=O) groups is 3. The summed E-state index contributed by atoms with van der Waals surface area (Å²) in [5, 5.41) is 9.51. The molecule has 1 N–H and O–H groups in total. The fourth-order valence-electron chi connectivity index (χ4n) is 2.57. The molecule has 0 aliphatic carbocycles. The van der Waals surface area contributed by atoms with Crippen LogP contribution in [0.5, 0.6) is 0 Å². The Morgan fingerprint density at radius 3 is 2.45 bits per heavy atom. The number of pyridine rings is 1. The molecule has 2 atom stereocenters. The molecule has 7 heteroatoms. The van der Waals surface area contributed by atoms with Crippen LogP contribution in [-0.4, -0.2) is 41.1 Å². The Morgan fingerprint density at radius 1 is 1.32 bits per heavy atom. The van der Waals surface area contributed by atoms with Crippen LogP contribution in [0.15, 0.2) is 40.8 Å². The van der Waals surface area contributed by atoms with Gasteiger partial charge >= 0.3 is 11.9 Å². The fourth-order valence-corrected chi connectivity index (χ4v) is 2.57. The highest BCUT2D eigenvalue weighted by Gasteiger charge is 2.42. The zero-order chi connectivity index (χ0) is 16.3. The first-order valence-corrected chi connectivity index (χ1v) is 6.46. The summed E-state index contributed by atoms with van der Waals surface area (Å²) in [6, 6.07) is 3.20. The zero-order valence-corrected chi connectivity index (χ0v) is 12.0. The van der Waals surface area contributed by atoms with Gasteiger partial charge in [-0.25, -0.2) is 4.79 Å². The van der Waals surface area contributed by atoms with E-state index in [2.05, 4.69) is 9.98 Å². The largest absolute Gasteiger partial charge is 0.481 e. The van der Waals surface area contributed by atoms with Crippen molar-refractivity contribution in [3.05, 3.63) is 41.4 Å². The van der Waals surface area contributed by atoms with Crippen LogP contribution in [0.4, 0.5) is 0 Å². The Bertz CT molecular complexity index is 678.